The van der Waals surface area contributed by atoms with Gasteiger partial charge in [-0.2, -0.15) is 11.3 Å². The minimum atomic E-state index is -3.66. The zero-order chi connectivity index (χ0) is 18.0. The second-order valence-corrected chi connectivity index (χ2v) is 9.47. The number of rotatable bonds is 6. The number of carbonyl (C=O) groups is 1. The van der Waals surface area contributed by atoms with E-state index in [9.17, 15) is 13.2 Å². The molecule has 25 heavy (non-hydrogen) atoms. The molecule has 0 saturated carbocycles. The first-order valence-electron chi connectivity index (χ1n) is 7.28. The summed E-state index contributed by atoms with van der Waals surface area (Å²) in [5, 5.41) is 4.05. The van der Waals surface area contributed by atoms with Gasteiger partial charge >= 0.3 is 0 Å². The van der Waals surface area contributed by atoms with Crippen molar-refractivity contribution < 1.29 is 13.2 Å². The molecule has 1 N–H and O–H groups in total. The fourth-order valence-electron chi connectivity index (χ4n) is 2.12. The van der Waals surface area contributed by atoms with Crippen molar-refractivity contribution in [1.82, 2.24) is 4.72 Å². The summed E-state index contributed by atoms with van der Waals surface area (Å²) in [4.78, 5) is 13.7. The zero-order valence-corrected chi connectivity index (χ0v) is 16.4. The van der Waals surface area contributed by atoms with E-state index in [0.29, 0.717) is 15.5 Å². The molecule has 2 heterocycles. The van der Waals surface area contributed by atoms with Crippen LogP contribution in [0.4, 0.5) is 0 Å². The molecule has 0 atom stereocenters. The minimum absolute atomic E-state index is 0.0503. The van der Waals surface area contributed by atoms with Gasteiger partial charge in [-0.15, -0.1) is 11.3 Å². The molecule has 0 fully saturated rings. The summed E-state index contributed by atoms with van der Waals surface area (Å²) in [6.45, 7) is 1.93. The summed E-state index contributed by atoms with van der Waals surface area (Å²) in [5.74, 6) is -0.0503. The van der Waals surface area contributed by atoms with E-state index in [1.54, 1.807) is 29.6 Å². The highest BCUT2D eigenvalue weighted by Gasteiger charge is 2.17. The number of ketones is 1. The van der Waals surface area contributed by atoms with Crippen LogP contribution in [0.15, 0.2) is 52.1 Å². The molecule has 0 aliphatic carbocycles. The molecule has 8 heteroatoms. The van der Waals surface area contributed by atoms with Crippen LogP contribution in [-0.4, -0.2) is 14.2 Å². The van der Waals surface area contributed by atoms with Gasteiger partial charge in [-0.25, -0.2) is 13.1 Å². The highest BCUT2D eigenvalue weighted by atomic mass is 35.5. The van der Waals surface area contributed by atoms with Gasteiger partial charge in [0.15, 0.2) is 0 Å². The lowest BCUT2D eigenvalue weighted by Gasteiger charge is -2.07. The molecule has 0 unspecified atom stereocenters. The lowest BCUT2D eigenvalue weighted by atomic mass is 10.2. The number of benzene rings is 1. The van der Waals surface area contributed by atoms with Crippen molar-refractivity contribution >= 4 is 50.1 Å². The molecule has 2 aromatic heterocycles. The molecule has 0 spiro atoms. The predicted molar refractivity (Wildman–Crippen MR) is 102 cm³/mol. The van der Waals surface area contributed by atoms with Crippen LogP contribution in [0, 0.1) is 6.92 Å². The molecular formula is C17H14ClNO3S3. The highest BCUT2D eigenvalue weighted by Crippen LogP contribution is 2.23. The molecule has 1 aromatic carbocycles. The van der Waals surface area contributed by atoms with Crippen LogP contribution in [0.3, 0.4) is 0 Å². The number of aryl methyl sites for hydroxylation is 1. The van der Waals surface area contributed by atoms with Crippen LogP contribution in [0.1, 0.15) is 25.7 Å². The Morgan fingerprint density at radius 2 is 2.00 bits per heavy atom. The molecule has 0 saturated heterocycles. The van der Waals surface area contributed by atoms with Gasteiger partial charge in [0, 0.05) is 27.4 Å². The van der Waals surface area contributed by atoms with Crippen molar-refractivity contribution in [3.8, 4) is 0 Å². The third kappa shape index (κ3) is 4.19. The van der Waals surface area contributed by atoms with E-state index in [1.165, 1.54) is 34.8 Å². The quantitative estimate of drug-likeness (QED) is 0.608. The molecule has 0 aliphatic rings. The summed E-state index contributed by atoms with van der Waals surface area (Å²) in [6, 6.07) is 9.87. The summed E-state index contributed by atoms with van der Waals surface area (Å²) in [5.41, 5.74) is 1.46. The third-order valence-corrected chi connectivity index (χ3v) is 7.13. The first-order chi connectivity index (χ1) is 11.9. The average molecular weight is 412 g/mol. The van der Waals surface area contributed by atoms with Gasteiger partial charge in [-0.3, -0.25) is 4.79 Å². The lowest BCUT2D eigenvalue weighted by molar-refractivity contribution is 0.104. The molecule has 3 rings (SSSR count). The summed E-state index contributed by atoms with van der Waals surface area (Å²) in [6.07, 6.45) is 0. The Kier molecular flexibility index (Phi) is 5.41. The number of thiophene rings is 2. The minimum Gasteiger partial charge on any atom is -0.288 e. The normalized spacial score (nSPS) is 11.6. The van der Waals surface area contributed by atoms with Crippen molar-refractivity contribution in [2.45, 2.75) is 18.4 Å². The van der Waals surface area contributed by atoms with Crippen LogP contribution in [0.2, 0.25) is 5.02 Å². The number of nitrogens with one attached hydrogen (secondary N) is 1. The van der Waals surface area contributed by atoms with E-state index in [2.05, 4.69) is 4.72 Å². The Bertz CT molecular complexity index is 1010. The van der Waals surface area contributed by atoms with Crippen LogP contribution >= 0.6 is 34.3 Å². The number of hydrogen-bond acceptors (Lipinski definition) is 5. The number of sulfonamides is 1. The maximum atomic E-state index is 12.4. The van der Waals surface area contributed by atoms with Gasteiger partial charge in [-0.1, -0.05) is 17.7 Å². The monoisotopic (exact) mass is 411 g/mol. The molecule has 0 radical (unpaired) electrons. The van der Waals surface area contributed by atoms with Crippen molar-refractivity contribution in [3.05, 3.63) is 73.1 Å². The lowest BCUT2D eigenvalue weighted by Crippen LogP contribution is -2.22. The Balaban J connectivity index is 1.71. The van der Waals surface area contributed by atoms with Crippen molar-refractivity contribution in [2.24, 2.45) is 0 Å². The largest absolute Gasteiger partial charge is 0.288 e. The van der Waals surface area contributed by atoms with Gasteiger partial charge in [0.05, 0.1) is 9.77 Å². The van der Waals surface area contributed by atoms with Crippen LogP contribution in [-0.2, 0) is 16.6 Å². The summed E-state index contributed by atoms with van der Waals surface area (Å²) >= 11 is 8.74. The van der Waals surface area contributed by atoms with E-state index in [4.69, 9.17) is 11.6 Å². The molecule has 0 amide bonds. The fourth-order valence-corrected chi connectivity index (χ4v) is 5.04. The predicted octanol–water partition coefficient (Wildman–Crippen LogP) is 4.48. The van der Waals surface area contributed by atoms with Gasteiger partial charge in [0.25, 0.3) is 0 Å². The van der Waals surface area contributed by atoms with Gasteiger partial charge in [0.1, 0.15) is 0 Å². The SMILES string of the molecule is Cc1ccc(S(=O)(=O)NCc2ccc(C(=O)c3ccsc3)s2)cc1Cl. The van der Waals surface area contributed by atoms with Crippen LogP contribution < -0.4 is 4.72 Å². The van der Waals surface area contributed by atoms with Crippen molar-refractivity contribution in [2.75, 3.05) is 0 Å². The summed E-state index contributed by atoms with van der Waals surface area (Å²) in [7, 11) is -3.66. The van der Waals surface area contributed by atoms with E-state index in [-0.39, 0.29) is 17.2 Å². The van der Waals surface area contributed by atoms with E-state index in [0.717, 1.165) is 10.4 Å². The molecular weight excluding hydrogens is 398 g/mol. The topological polar surface area (TPSA) is 63.2 Å². The average Bonchev–Trinajstić information content (AvgIpc) is 3.26. The van der Waals surface area contributed by atoms with Gasteiger partial charge < -0.3 is 0 Å². The number of carbonyl (C=O) groups excluding carboxylic acids is 1. The third-order valence-electron chi connectivity index (χ3n) is 3.56. The molecule has 130 valence electrons. The van der Waals surface area contributed by atoms with Gasteiger partial charge in [-0.05, 0) is 48.2 Å². The molecule has 0 bridgehead atoms. The maximum Gasteiger partial charge on any atom is 0.240 e. The van der Waals surface area contributed by atoms with Crippen LogP contribution in [0.25, 0.3) is 0 Å². The fraction of sp³-hybridized carbons (Fsp3) is 0.118. The van der Waals surface area contributed by atoms with Crippen LogP contribution in [0.5, 0.6) is 0 Å². The zero-order valence-electron chi connectivity index (χ0n) is 13.2. The first kappa shape index (κ1) is 18.3. The van der Waals surface area contributed by atoms with Gasteiger partial charge in [0.2, 0.25) is 15.8 Å². The van der Waals surface area contributed by atoms with E-state index < -0.39 is 10.0 Å². The molecule has 4 nitrogen and oxygen atoms in total. The van der Waals surface area contributed by atoms with E-state index >= 15 is 0 Å². The second-order valence-electron chi connectivity index (χ2n) is 5.34. The maximum absolute atomic E-state index is 12.4. The Morgan fingerprint density at radius 1 is 1.20 bits per heavy atom. The number of hydrogen-bond donors (Lipinski definition) is 1. The van der Waals surface area contributed by atoms with E-state index in [1.807, 2.05) is 12.3 Å². The van der Waals surface area contributed by atoms with Crippen molar-refractivity contribution in [1.29, 1.82) is 0 Å². The Hall–Kier alpha value is -1.51. The molecule has 0 aliphatic heterocycles. The highest BCUT2D eigenvalue weighted by molar-refractivity contribution is 7.89. The Labute approximate surface area is 159 Å². The first-order valence-corrected chi connectivity index (χ1v) is 10.9. The summed E-state index contributed by atoms with van der Waals surface area (Å²) < 4.78 is 27.3. The molecule has 3 aromatic rings. The van der Waals surface area contributed by atoms with Crippen molar-refractivity contribution in [3.63, 3.8) is 0 Å². The smallest absolute Gasteiger partial charge is 0.240 e. The standard InChI is InChI=1S/C17H14ClNO3S3/c1-11-2-4-14(8-15(11)18)25(21,22)19-9-13-3-5-16(24-13)17(20)12-6-7-23-10-12/h2-8,10,19H,9H2,1H3. The second kappa shape index (κ2) is 7.39. The Morgan fingerprint density at radius 3 is 2.68 bits per heavy atom. The number of halogens is 1.